The highest BCUT2D eigenvalue weighted by molar-refractivity contribution is 5.69. The van der Waals surface area contributed by atoms with E-state index in [4.69, 9.17) is 4.74 Å². The van der Waals surface area contributed by atoms with Gasteiger partial charge in [-0.25, -0.2) is 0 Å². The lowest BCUT2D eigenvalue weighted by molar-refractivity contribution is -0.219. The van der Waals surface area contributed by atoms with Crippen LogP contribution in [0.4, 0.5) is 0 Å². The van der Waals surface area contributed by atoms with E-state index in [1.165, 1.54) is 0 Å². The molecule has 1 fully saturated rings. The van der Waals surface area contributed by atoms with E-state index in [-0.39, 0.29) is 5.97 Å². The van der Waals surface area contributed by atoms with Crippen molar-refractivity contribution in [2.24, 2.45) is 0 Å². The molecule has 0 aromatic rings. The minimum Gasteiger partial charge on any atom is -0.433 e. The first kappa shape index (κ1) is 9.52. The number of carbonyl (C=O) groups is 1. The van der Waals surface area contributed by atoms with Gasteiger partial charge in [0.2, 0.25) is 5.79 Å². The van der Waals surface area contributed by atoms with Crippen LogP contribution in [0.3, 0.4) is 0 Å². The van der Waals surface area contributed by atoms with Crippen LogP contribution in [-0.2, 0) is 9.53 Å². The Balaban J connectivity index is 2.41. The molecule has 1 saturated carbocycles. The summed E-state index contributed by atoms with van der Waals surface area (Å²) in [5.41, 5.74) is 0. The van der Waals surface area contributed by atoms with Gasteiger partial charge in [-0.1, -0.05) is 13.3 Å². The van der Waals surface area contributed by atoms with Gasteiger partial charge in [0, 0.05) is 19.3 Å². The maximum atomic E-state index is 10.9. The predicted octanol–water partition coefficient (Wildman–Crippen LogP) is 1.59. The first-order chi connectivity index (χ1) is 5.66. The maximum absolute atomic E-state index is 10.9. The Bertz CT molecular complexity index is 159. The minimum atomic E-state index is -1.15. The summed E-state index contributed by atoms with van der Waals surface area (Å²) in [5, 5.41) is 9.73. The van der Waals surface area contributed by atoms with Gasteiger partial charge in [0.15, 0.2) is 0 Å². The SMILES string of the molecule is CCC(=O)OC1(O)CCCCC1. The molecule has 0 spiro atoms. The maximum Gasteiger partial charge on any atom is 0.308 e. The van der Waals surface area contributed by atoms with Gasteiger partial charge in [-0.3, -0.25) is 4.79 Å². The van der Waals surface area contributed by atoms with Crippen molar-refractivity contribution in [1.82, 2.24) is 0 Å². The van der Waals surface area contributed by atoms with E-state index in [1.54, 1.807) is 6.92 Å². The van der Waals surface area contributed by atoms with Gasteiger partial charge in [0.05, 0.1) is 0 Å². The van der Waals surface area contributed by atoms with Crippen LogP contribution in [0.5, 0.6) is 0 Å². The molecule has 0 radical (unpaired) electrons. The van der Waals surface area contributed by atoms with E-state index >= 15 is 0 Å². The molecule has 0 saturated heterocycles. The third-order valence-corrected chi connectivity index (χ3v) is 2.23. The molecule has 1 rings (SSSR count). The number of rotatable bonds is 2. The highest BCUT2D eigenvalue weighted by atomic mass is 16.7. The van der Waals surface area contributed by atoms with Gasteiger partial charge >= 0.3 is 5.97 Å². The first-order valence-corrected chi connectivity index (χ1v) is 4.60. The molecule has 0 amide bonds. The van der Waals surface area contributed by atoms with Crippen LogP contribution in [0.15, 0.2) is 0 Å². The molecular formula is C9H16O3. The Morgan fingerprint density at radius 3 is 2.50 bits per heavy atom. The third-order valence-electron chi connectivity index (χ3n) is 2.23. The van der Waals surface area contributed by atoms with Crippen molar-refractivity contribution in [1.29, 1.82) is 0 Å². The zero-order valence-corrected chi connectivity index (χ0v) is 7.51. The summed E-state index contributed by atoms with van der Waals surface area (Å²) in [4.78, 5) is 10.9. The van der Waals surface area contributed by atoms with Crippen LogP contribution >= 0.6 is 0 Å². The Kier molecular flexibility index (Phi) is 3.09. The molecule has 3 nitrogen and oxygen atoms in total. The van der Waals surface area contributed by atoms with Gasteiger partial charge in [-0.2, -0.15) is 0 Å². The molecule has 0 bridgehead atoms. The second-order valence-electron chi connectivity index (χ2n) is 3.33. The lowest BCUT2D eigenvalue weighted by Gasteiger charge is -2.31. The van der Waals surface area contributed by atoms with Crippen LogP contribution in [0.1, 0.15) is 45.4 Å². The normalized spacial score (nSPS) is 21.8. The fourth-order valence-electron chi connectivity index (χ4n) is 1.49. The Labute approximate surface area is 72.7 Å². The largest absolute Gasteiger partial charge is 0.433 e. The van der Waals surface area contributed by atoms with Crippen molar-refractivity contribution in [3.05, 3.63) is 0 Å². The summed E-state index contributed by atoms with van der Waals surface area (Å²) in [6.45, 7) is 1.73. The second-order valence-corrected chi connectivity index (χ2v) is 3.33. The molecule has 0 aromatic carbocycles. The number of carbonyl (C=O) groups excluding carboxylic acids is 1. The lowest BCUT2D eigenvalue weighted by atomic mass is 9.94. The van der Waals surface area contributed by atoms with Crippen LogP contribution in [0.25, 0.3) is 0 Å². The second kappa shape index (κ2) is 3.90. The number of hydrogen-bond donors (Lipinski definition) is 1. The molecule has 0 unspecified atom stereocenters. The van der Waals surface area contributed by atoms with E-state index in [2.05, 4.69) is 0 Å². The predicted molar refractivity (Wildman–Crippen MR) is 44.4 cm³/mol. The molecule has 70 valence electrons. The monoisotopic (exact) mass is 172 g/mol. The van der Waals surface area contributed by atoms with Crippen LogP contribution < -0.4 is 0 Å². The van der Waals surface area contributed by atoms with Crippen molar-refractivity contribution < 1.29 is 14.6 Å². The highest BCUT2D eigenvalue weighted by Gasteiger charge is 2.32. The Morgan fingerprint density at radius 2 is 2.00 bits per heavy atom. The molecule has 12 heavy (non-hydrogen) atoms. The van der Waals surface area contributed by atoms with Crippen molar-refractivity contribution in [2.75, 3.05) is 0 Å². The molecule has 0 aromatic heterocycles. The topological polar surface area (TPSA) is 46.5 Å². The molecule has 1 aliphatic carbocycles. The molecular weight excluding hydrogens is 156 g/mol. The molecule has 0 aliphatic heterocycles. The van der Waals surface area contributed by atoms with Gasteiger partial charge in [-0.15, -0.1) is 0 Å². The van der Waals surface area contributed by atoms with Crippen LogP contribution in [-0.4, -0.2) is 16.9 Å². The van der Waals surface area contributed by atoms with Gasteiger partial charge in [-0.05, 0) is 12.8 Å². The smallest absolute Gasteiger partial charge is 0.308 e. The quantitative estimate of drug-likeness (QED) is 0.508. The van der Waals surface area contributed by atoms with E-state index in [1.807, 2.05) is 0 Å². The third kappa shape index (κ3) is 2.48. The molecule has 1 aliphatic rings. The number of esters is 1. The van der Waals surface area contributed by atoms with Crippen molar-refractivity contribution >= 4 is 5.97 Å². The molecule has 0 atom stereocenters. The summed E-state index contributed by atoms with van der Waals surface area (Å²) in [5.74, 6) is -1.45. The van der Waals surface area contributed by atoms with Crippen molar-refractivity contribution in [3.8, 4) is 0 Å². The molecule has 3 heteroatoms. The summed E-state index contributed by atoms with van der Waals surface area (Å²) in [7, 11) is 0. The van der Waals surface area contributed by atoms with Gasteiger partial charge in [0.1, 0.15) is 0 Å². The number of ether oxygens (including phenoxy) is 1. The van der Waals surface area contributed by atoms with Gasteiger partial charge < -0.3 is 9.84 Å². The van der Waals surface area contributed by atoms with Crippen molar-refractivity contribution in [3.63, 3.8) is 0 Å². The standard InChI is InChI=1S/C9H16O3/c1-2-8(10)12-9(11)6-4-3-5-7-9/h11H,2-7H2,1H3. The van der Waals surface area contributed by atoms with E-state index in [9.17, 15) is 9.90 Å². The zero-order chi connectivity index (χ0) is 9.03. The number of aliphatic hydroxyl groups is 1. The van der Waals surface area contributed by atoms with E-state index in [0.717, 1.165) is 19.3 Å². The fraction of sp³-hybridized carbons (Fsp3) is 0.889. The average molecular weight is 172 g/mol. The van der Waals surface area contributed by atoms with E-state index in [0.29, 0.717) is 19.3 Å². The average Bonchev–Trinajstić information content (AvgIpc) is 2.05. The lowest BCUT2D eigenvalue weighted by Crippen LogP contribution is -2.36. The fourth-order valence-corrected chi connectivity index (χ4v) is 1.49. The summed E-state index contributed by atoms with van der Waals surface area (Å²) >= 11 is 0. The minimum absolute atomic E-state index is 0.306. The Hall–Kier alpha value is -0.570. The molecule has 1 N–H and O–H groups in total. The zero-order valence-electron chi connectivity index (χ0n) is 7.51. The first-order valence-electron chi connectivity index (χ1n) is 4.60. The summed E-state index contributed by atoms with van der Waals surface area (Å²) in [6, 6.07) is 0. The van der Waals surface area contributed by atoms with Crippen molar-refractivity contribution in [2.45, 2.75) is 51.2 Å². The summed E-state index contributed by atoms with van der Waals surface area (Å²) in [6.07, 6.45) is 4.56. The van der Waals surface area contributed by atoms with Gasteiger partial charge in [0.25, 0.3) is 0 Å². The summed E-state index contributed by atoms with van der Waals surface area (Å²) < 4.78 is 4.94. The van der Waals surface area contributed by atoms with E-state index < -0.39 is 5.79 Å². The molecule has 0 heterocycles. The highest BCUT2D eigenvalue weighted by Crippen LogP contribution is 2.29. The van der Waals surface area contributed by atoms with Crippen LogP contribution in [0.2, 0.25) is 0 Å². The Morgan fingerprint density at radius 1 is 1.42 bits per heavy atom. The van der Waals surface area contributed by atoms with Crippen LogP contribution in [0, 0.1) is 0 Å². The number of hydrogen-bond acceptors (Lipinski definition) is 3.